The Labute approximate surface area is 143 Å². The fourth-order valence-corrected chi connectivity index (χ4v) is 3.21. The van der Waals surface area contributed by atoms with Crippen LogP contribution in [0, 0.1) is 0 Å². The second-order valence-corrected chi connectivity index (χ2v) is 6.33. The number of hydrogen-bond donors (Lipinski definition) is 2. The van der Waals surface area contributed by atoms with E-state index in [1.807, 2.05) is 48.5 Å². The van der Waals surface area contributed by atoms with Crippen LogP contribution in [0.2, 0.25) is 0 Å². The number of piperidine rings is 1. The van der Waals surface area contributed by atoms with Gasteiger partial charge in [0, 0.05) is 25.6 Å². The molecular weight excluding hydrogens is 298 g/mol. The minimum Gasteiger partial charge on any atom is -0.370 e. The van der Waals surface area contributed by atoms with Gasteiger partial charge in [-0.3, -0.25) is 4.79 Å². The van der Waals surface area contributed by atoms with E-state index in [-0.39, 0.29) is 18.4 Å². The first-order valence-electron chi connectivity index (χ1n) is 8.68. The molecule has 4 heteroatoms. The molecule has 0 radical (unpaired) electrons. The third-order valence-electron chi connectivity index (χ3n) is 4.51. The van der Waals surface area contributed by atoms with Crippen LogP contribution in [0.5, 0.6) is 0 Å². The van der Waals surface area contributed by atoms with Crippen molar-refractivity contribution in [1.82, 2.24) is 0 Å². The van der Waals surface area contributed by atoms with Gasteiger partial charge >= 0.3 is 0 Å². The Bertz CT molecular complexity index is 666. The van der Waals surface area contributed by atoms with Crippen molar-refractivity contribution < 1.29 is 4.79 Å². The van der Waals surface area contributed by atoms with E-state index in [0.717, 1.165) is 30.0 Å². The highest BCUT2D eigenvalue weighted by molar-refractivity contribution is 5.94. The third kappa shape index (κ3) is 4.15. The maximum absolute atomic E-state index is 12.4. The molecule has 1 heterocycles. The van der Waals surface area contributed by atoms with E-state index in [2.05, 4.69) is 16.3 Å². The summed E-state index contributed by atoms with van der Waals surface area (Å²) in [6.07, 6.45) is 3.98. The Morgan fingerprint density at radius 2 is 1.67 bits per heavy atom. The largest absolute Gasteiger partial charge is 0.370 e. The summed E-state index contributed by atoms with van der Waals surface area (Å²) in [6.45, 7) is 2.10. The predicted octanol–water partition coefficient (Wildman–Crippen LogP) is 3.71. The van der Waals surface area contributed by atoms with E-state index in [0.29, 0.717) is 0 Å². The molecule has 1 amide bonds. The number of benzene rings is 2. The van der Waals surface area contributed by atoms with Gasteiger partial charge in [-0.25, -0.2) is 0 Å². The second-order valence-electron chi connectivity index (χ2n) is 6.33. The van der Waals surface area contributed by atoms with Crippen molar-refractivity contribution in [3.8, 4) is 0 Å². The van der Waals surface area contributed by atoms with Crippen LogP contribution in [0.3, 0.4) is 0 Å². The van der Waals surface area contributed by atoms with Crippen molar-refractivity contribution in [3.05, 3.63) is 60.2 Å². The number of rotatable bonds is 5. The van der Waals surface area contributed by atoms with E-state index in [1.165, 1.54) is 19.3 Å². The standard InChI is InChI=1S/C20H25N3O/c21-17(16-9-3-1-4-10-16)15-20(24)22-18-11-5-6-12-19(18)23-13-7-2-8-14-23/h1,3-6,9-12,17H,2,7-8,13-15,21H2,(H,22,24). The molecule has 0 spiro atoms. The molecule has 24 heavy (non-hydrogen) atoms. The number of carbonyl (C=O) groups excluding carboxylic acids is 1. The molecule has 0 bridgehead atoms. The quantitative estimate of drug-likeness (QED) is 0.882. The first-order chi connectivity index (χ1) is 11.7. The number of nitrogens with one attached hydrogen (secondary N) is 1. The molecule has 126 valence electrons. The minimum atomic E-state index is -0.284. The van der Waals surface area contributed by atoms with Gasteiger partial charge in [-0.05, 0) is 37.0 Å². The molecule has 1 aliphatic heterocycles. The van der Waals surface area contributed by atoms with Crippen LogP contribution >= 0.6 is 0 Å². The van der Waals surface area contributed by atoms with Gasteiger partial charge in [0.1, 0.15) is 0 Å². The highest BCUT2D eigenvalue weighted by atomic mass is 16.1. The van der Waals surface area contributed by atoms with Crippen molar-refractivity contribution in [2.75, 3.05) is 23.3 Å². The smallest absolute Gasteiger partial charge is 0.226 e. The molecule has 1 saturated heterocycles. The Kier molecular flexibility index (Phi) is 5.49. The summed E-state index contributed by atoms with van der Waals surface area (Å²) < 4.78 is 0. The molecule has 0 saturated carbocycles. The summed E-state index contributed by atoms with van der Waals surface area (Å²) >= 11 is 0. The van der Waals surface area contributed by atoms with Crippen LogP contribution in [-0.2, 0) is 4.79 Å². The number of hydrogen-bond acceptors (Lipinski definition) is 3. The molecule has 1 unspecified atom stereocenters. The fraction of sp³-hybridized carbons (Fsp3) is 0.350. The van der Waals surface area contributed by atoms with Crippen LogP contribution in [0.1, 0.15) is 37.3 Å². The topological polar surface area (TPSA) is 58.4 Å². The summed E-state index contributed by atoms with van der Waals surface area (Å²) in [5.74, 6) is -0.0455. The maximum Gasteiger partial charge on any atom is 0.226 e. The average molecular weight is 323 g/mol. The van der Waals surface area contributed by atoms with Gasteiger partial charge in [-0.1, -0.05) is 42.5 Å². The molecule has 0 aromatic heterocycles. The molecule has 2 aromatic carbocycles. The number of anilines is 2. The van der Waals surface area contributed by atoms with E-state index in [9.17, 15) is 4.79 Å². The van der Waals surface area contributed by atoms with Crippen LogP contribution in [0.4, 0.5) is 11.4 Å². The summed E-state index contributed by atoms with van der Waals surface area (Å²) in [5.41, 5.74) is 9.13. The molecule has 1 atom stereocenters. The summed E-state index contributed by atoms with van der Waals surface area (Å²) in [6, 6.07) is 17.5. The molecule has 0 aliphatic carbocycles. The van der Waals surface area contributed by atoms with Gasteiger partial charge in [-0.15, -0.1) is 0 Å². The second kappa shape index (κ2) is 7.97. The zero-order valence-corrected chi connectivity index (χ0v) is 13.9. The Morgan fingerprint density at radius 1 is 1.00 bits per heavy atom. The minimum absolute atomic E-state index is 0.0455. The highest BCUT2D eigenvalue weighted by Crippen LogP contribution is 2.28. The van der Waals surface area contributed by atoms with Crippen LogP contribution < -0.4 is 16.0 Å². The van der Waals surface area contributed by atoms with Crippen molar-refractivity contribution in [2.45, 2.75) is 31.7 Å². The first kappa shape index (κ1) is 16.5. The van der Waals surface area contributed by atoms with E-state index < -0.39 is 0 Å². The average Bonchev–Trinajstić information content (AvgIpc) is 2.63. The predicted molar refractivity (Wildman–Crippen MR) is 99.1 cm³/mol. The normalized spacial score (nSPS) is 15.8. The highest BCUT2D eigenvalue weighted by Gasteiger charge is 2.17. The third-order valence-corrected chi connectivity index (χ3v) is 4.51. The van der Waals surface area contributed by atoms with Gasteiger partial charge < -0.3 is 16.0 Å². The zero-order valence-electron chi connectivity index (χ0n) is 13.9. The molecule has 4 nitrogen and oxygen atoms in total. The lowest BCUT2D eigenvalue weighted by Crippen LogP contribution is -2.30. The Hall–Kier alpha value is -2.33. The SMILES string of the molecule is NC(CC(=O)Nc1ccccc1N1CCCCC1)c1ccccc1. The lowest BCUT2D eigenvalue weighted by molar-refractivity contribution is -0.116. The van der Waals surface area contributed by atoms with Gasteiger partial charge in [-0.2, -0.15) is 0 Å². The van der Waals surface area contributed by atoms with Crippen molar-refractivity contribution in [1.29, 1.82) is 0 Å². The lowest BCUT2D eigenvalue weighted by atomic mass is 10.0. The molecule has 3 N–H and O–H groups in total. The molecule has 1 fully saturated rings. The monoisotopic (exact) mass is 323 g/mol. The summed E-state index contributed by atoms with van der Waals surface area (Å²) in [4.78, 5) is 14.8. The van der Waals surface area contributed by atoms with Crippen LogP contribution in [0.15, 0.2) is 54.6 Å². The molecule has 3 rings (SSSR count). The van der Waals surface area contributed by atoms with Crippen molar-refractivity contribution >= 4 is 17.3 Å². The van der Waals surface area contributed by atoms with E-state index in [4.69, 9.17) is 5.73 Å². The van der Waals surface area contributed by atoms with Gasteiger partial charge in [0.2, 0.25) is 5.91 Å². The van der Waals surface area contributed by atoms with Gasteiger partial charge in [0.25, 0.3) is 0 Å². The molecular formula is C20H25N3O. The van der Waals surface area contributed by atoms with Crippen LogP contribution in [-0.4, -0.2) is 19.0 Å². The fourth-order valence-electron chi connectivity index (χ4n) is 3.21. The number of carbonyl (C=O) groups is 1. The van der Waals surface area contributed by atoms with Crippen molar-refractivity contribution in [3.63, 3.8) is 0 Å². The van der Waals surface area contributed by atoms with Crippen molar-refractivity contribution in [2.24, 2.45) is 5.73 Å². The zero-order chi connectivity index (χ0) is 16.8. The van der Waals surface area contributed by atoms with Gasteiger partial charge in [0.15, 0.2) is 0 Å². The summed E-state index contributed by atoms with van der Waals surface area (Å²) in [7, 11) is 0. The summed E-state index contributed by atoms with van der Waals surface area (Å²) in [5, 5.41) is 3.05. The van der Waals surface area contributed by atoms with Crippen LogP contribution in [0.25, 0.3) is 0 Å². The number of nitrogens with two attached hydrogens (primary N) is 1. The number of amides is 1. The van der Waals surface area contributed by atoms with E-state index in [1.54, 1.807) is 0 Å². The number of nitrogens with zero attached hydrogens (tertiary/aromatic N) is 1. The first-order valence-corrected chi connectivity index (χ1v) is 8.68. The Morgan fingerprint density at radius 3 is 2.42 bits per heavy atom. The Balaban J connectivity index is 1.66. The number of para-hydroxylation sites is 2. The lowest BCUT2D eigenvalue weighted by Gasteiger charge is -2.30. The van der Waals surface area contributed by atoms with E-state index >= 15 is 0 Å². The molecule has 2 aromatic rings. The van der Waals surface area contributed by atoms with Gasteiger partial charge in [0.05, 0.1) is 11.4 Å². The molecule has 1 aliphatic rings. The maximum atomic E-state index is 12.4.